The van der Waals surface area contributed by atoms with E-state index in [2.05, 4.69) is 30.5 Å². The maximum atomic E-state index is 4.44. The number of pyridine rings is 1. The van der Waals surface area contributed by atoms with Gasteiger partial charge >= 0.3 is 0 Å². The van der Waals surface area contributed by atoms with E-state index in [0.29, 0.717) is 5.82 Å². The standard InChI is InChI=1S/C16H10N5S/c1-2-6-17-13(4-1)15-14(16-18-7-3-8-19-16)11(10-22-15)12-5-9-20-21-12/h1-9H,(H,20,21). The molecular weight excluding hydrogens is 294 g/mol. The number of nitrogens with one attached hydrogen (secondary N) is 1. The molecule has 0 aromatic carbocycles. The monoisotopic (exact) mass is 304 g/mol. The molecule has 5 nitrogen and oxygen atoms in total. The van der Waals surface area contributed by atoms with Gasteiger partial charge in [0.25, 0.3) is 0 Å². The second kappa shape index (κ2) is 5.50. The largest absolute Gasteiger partial charge is 0.285 e. The van der Waals surface area contributed by atoms with Gasteiger partial charge in [0.05, 0.1) is 21.6 Å². The lowest BCUT2D eigenvalue weighted by Gasteiger charge is -2.04. The molecule has 0 saturated carbocycles. The average Bonchev–Trinajstić information content (AvgIpc) is 3.25. The van der Waals surface area contributed by atoms with Gasteiger partial charge in [-0.25, -0.2) is 9.97 Å². The molecule has 22 heavy (non-hydrogen) atoms. The molecule has 4 rings (SSSR count). The first kappa shape index (κ1) is 12.8. The van der Waals surface area contributed by atoms with E-state index >= 15 is 0 Å². The fraction of sp³-hybridized carbons (Fsp3) is 0. The van der Waals surface area contributed by atoms with E-state index in [1.165, 1.54) is 11.3 Å². The average molecular weight is 304 g/mol. The summed E-state index contributed by atoms with van der Waals surface area (Å²) in [7, 11) is 0. The minimum atomic E-state index is 0.652. The second-order valence-electron chi connectivity index (χ2n) is 4.53. The van der Waals surface area contributed by atoms with E-state index < -0.39 is 0 Å². The highest BCUT2D eigenvalue weighted by Gasteiger charge is 2.20. The molecule has 105 valence electrons. The fourth-order valence-electron chi connectivity index (χ4n) is 2.22. The van der Waals surface area contributed by atoms with E-state index in [1.807, 2.05) is 24.3 Å². The third-order valence-corrected chi connectivity index (χ3v) is 4.10. The number of H-pyrrole nitrogens is 1. The van der Waals surface area contributed by atoms with Crippen LogP contribution in [0.2, 0.25) is 0 Å². The Morgan fingerprint density at radius 1 is 0.909 bits per heavy atom. The smallest absolute Gasteiger partial charge is 0.161 e. The predicted molar refractivity (Wildman–Crippen MR) is 85.0 cm³/mol. The molecule has 1 radical (unpaired) electrons. The van der Waals surface area contributed by atoms with Crippen LogP contribution in [0.3, 0.4) is 0 Å². The number of aromatic amines is 1. The van der Waals surface area contributed by atoms with Crippen LogP contribution in [0.4, 0.5) is 0 Å². The normalized spacial score (nSPS) is 10.7. The highest BCUT2D eigenvalue weighted by molar-refractivity contribution is 7.14. The molecule has 1 N–H and O–H groups in total. The van der Waals surface area contributed by atoms with E-state index in [1.54, 1.807) is 30.9 Å². The molecule has 4 heterocycles. The molecule has 6 heteroatoms. The van der Waals surface area contributed by atoms with Gasteiger partial charge < -0.3 is 0 Å². The summed E-state index contributed by atoms with van der Waals surface area (Å²) >= 11 is 1.50. The van der Waals surface area contributed by atoms with Gasteiger partial charge in [0.1, 0.15) is 0 Å². The summed E-state index contributed by atoms with van der Waals surface area (Å²) in [5.74, 6) is 0.652. The van der Waals surface area contributed by atoms with Crippen molar-refractivity contribution in [2.45, 2.75) is 0 Å². The fourth-order valence-corrected chi connectivity index (χ4v) is 3.15. The van der Waals surface area contributed by atoms with Crippen molar-refractivity contribution >= 4 is 11.3 Å². The summed E-state index contributed by atoms with van der Waals surface area (Å²) in [4.78, 5) is 14.2. The molecule has 0 fully saturated rings. The second-order valence-corrected chi connectivity index (χ2v) is 5.35. The number of hydrogen-bond acceptors (Lipinski definition) is 5. The number of nitrogens with zero attached hydrogens (tertiary/aromatic N) is 4. The van der Waals surface area contributed by atoms with Gasteiger partial charge in [0.15, 0.2) is 5.82 Å². The van der Waals surface area contributed by atoms with Crippen molar-refractivity contribution in [3.05, 3.63) is 60.5 Å². The lowest BCUT2D eigenvalue weighted by Crippen LogP contribution is -1.91. The van der Waals surface area contributed by atoms with E-state index in [-0.39, 0.29) is 0 Å². The Labute approximate surface area is 130 Å². The molecule has 0 aliphatic heterocycles. The molecular formula is C16H10N5S. The topological polar surface area (TPSA) is 67.3 Å². The Bertz CT molecular complexity index is 870. The Balaban J connectivity index is 1.97. The Morgan fingerprint density at radius 2 is 1.77 bits per heavy atom. The van der Waals surface area contributed by atoms with Crippen molar-refractivity contribution < 1.29 is 0 Å². The van der Waals surface area contributed by atoms with Crippen molar-refractivity contribution in [3.63, 3.8) is 0 Å². The molecule has 0 amide bonds. The van der Waals surface area contributed by atoms with Crippen LogP contribution in [-0.4, -0.2) is 25.1 Å². The van der Waals surface area contributed by atoms with Crippen LogP contribution in [0.1, 0.15) is 0 Å². The van der Waals surface area contributed by atoms with E-state index in [9.17, 15) is 0 Å². The minimum absolute atomic E-state index is 0.652. The van der Waals surface area contributed by atoms with Crippen LogP contribution >= 0.6 is 11.3 Å². The van der Waals surface area contributed by atoms with Crippen molar-refractivity contribution in [2.75, 3.05) is 0 Å². The van der Waals surface area contributed by atoms with Gasteiger partial charge in [-0.15, -0.1) is 11.3 Å². The number of hydrogen-bond donors (Lipinski definition) is 1. The Kier molecular flexibility index (Phi) is 3.21. The van der Waals surface area contributed by atoms with Crippen molar-refractivity contribution in [1.82, 2.24) is 25.1 Å². The minimum Gasteiger partial charge on any atom is -0.285 e. The first-order valence-electron chi connectivity index (χ1n) is 6.67. The summed E-state index contributed by atoms with van der Waals surface area (Å²) in [6.07, 6.45) is 7.03. The molecule has 0 bridgehead atoms. The maximum absolute atomic E-state index is 4.44. The van der Waals surface area contributed by atoms with Crippen molar-refractivity contribution in [1.29, 1.82) is 0 Å². The zero-order valence-electron chi connectivity index (χ0n) is 11.4. The zero-order chi connectivity index (χ0) is 14.8. The van der Waals surface area contributed by atoms with E-state index in [0.717, 1.165) is 27.4 Å². The number of rotatable bonds is 3. The lowest BCUT2D eigenvalue weighted by molar-refractivity contribution is 1.09. The van der Waals surface area contributed by atoms with Crippen molar-refractivity contribution in [3.8, 4) is 33.2 Å². The first-order valence-corrected chi connectivity index (χ1v) is 7.48. The first-order chi connectivity index (χ1) is 10.9. The third kappa shape index (κ3) is 2.19. The summed E-state index contributed by atoms with van der Waals surface area (Å²) in [6, 6.07) is 9.54. The third-order valence-electron chi connectivity index (χ3n) is 3.18. The lowest BCUT2D eigenvalue weighted by atomic mass is 10.1. The summed E-state index contributed by atoms with van der Waals surface area (Å²) in [6.45, 7) is 0. The Morgan fingerprint density at radius 3 is 2.50 bits per heavy atom. The highest BCUT2D eigenvalue weighted by atomic mass is 32.1. The zero-order valence-corrected chi connectivity index (χ0v) is 12.2. The van der Waals surface area contributed by atoms with Crippen LogP contribution in [0.25, 0.3) is 33.2 Å². The van der Waals surface area contributed by atoms with Crippen molar-refractivity contribution in [2.24, 2.45) is 0 Å². The van der Waals surface area contributed by atoms with Gasteiger partial charge in [0, 0.05) is 35.9 Å². The summed E-state index contributed by atoms with van der Waals surface area (Å²) in [5.41, 5.74) is 3.50. The quantitative estimate of drug-likeness (QED) is 0.629. The van der Waals surface area contributed by atoms with E-state index in [4.69, 9.17) is 0 Å². The van der Waals surface area contributed by atoms with Crippen LogP contribution < -0.4 is 0 Å². The van der Waals surface area contributed by atoms with Crippen LogP contribution in [0, 0.1) is 5.38 Å². The van der Waals surface area contributed by atoms with Crippen LogP contribution in [0.5, 0.6) is 0 Å². The molecule has 4 aromatic heterocycles. The molecule has 0 unspecified atom stereocenters. The van der Waals surface area contributed by atoms with Gasteiger partial charge in [0.2, 0.25) is 0 Å². The SMILES string of the molecule is [c]1sc(-c2ccccn2)c(-c2ncccn2)c1-c1cc[nH]n1. The highest BCUT2D eigenvalue weighted by Crippen LogP contribution is 2.41. The predicted octanol–water partition coefficient (Wildman–Crippen LogP) is 3.46. The maximum Gasteiger partial charge on any atom is 0.161 e. The molecule has 4 aromatic rings. The molecule has 0 aliphatic carbocycles. The molecule has 0 saturated heterocycles. The molecule has 0 aliphatic rings. The van der Waals surface area contributed by atoms with Crippen LogP contribution in [0.15, 0.2) is 55.1 Å². The summed E-state index contributed by atoms with van der Waals surface area (Å²) < 4.78 is 0. The summed E-state index contributed by atoms with van der Waals surface area (Å²) in [5, 5.41) is 10.4. The van der Waals surface area contributed by atoms with Crippen LogP contribution in [-0.2, 0) is 0 Å². The molecule has 0 atom stereocenters. The van der Waals surface area contributed by atoms with Gasteiger partial charge in [-0.3, -0.25) is 10.1 Å². The Hall–Kier alpha value is -2.86. The molecule has 0 spiro atoms. The van der Waals surface area contributed by atoms with Gasteiger partial charge in [-0.2, -0.15) is 5.10 Å². The van der Waals surface area contributed by atoms with Gasteiger partial charge in [-0.05, 0) is 24.3 Å². The number of thiophene rings is 1. The number of aromatic nitrogens is 5. The van der Waals surface area contributed by atoms with Gasteiger partial charge in [-0.1, -0.05) is 6.07 Å².